The van der Waals surface area contributed by atoms with E-state index in [9.17, 15) is 18.0 Å². The zero-order valence-corrected chi connectivity index (χ0v) is 17.2. The summed E-state index contributed by atoms with van der Waals surface area (Å²) in [6.45, 7) is 5.72. The van der Waals surface area contributed by atoms with E-state index < -0.39 is 17.4 Å². The highest BCUT2D eigenvalue weighted by atomic mass is 19.4. The van der Waals surface area contributed by atoms with Crippen molar-refractivity contribution in [2.24, 2.45) is 12.9 Å². The number of hydrazine groups is 1. The van der Waals surface area contributed by atoms with E-state index in [2.05, 4.69) is 22.0 Å². The number of hydrogen-bond acceptors (Lipinski definition) is 7. The van der Waals surface area contributed by atoms with E-state index in [1.807, 2.05) is 13.0 Å². The minimum absolute atomic E-state index is 0.0807. The average Bonchev–Trinajstić information content (AvgIpc) is 3.08. The van der Waals surface area contributed by atoms with E-state index in [0.717, 1.165) is 27.4 Å². The van der Waals surface area contributed by atoms with Gasteiger partial charge in [-0.3, -0.25) is 5.01 Å². The van der Waals surface area contributed by atoms with Crippen molar-refractivity contribution in [2.45, 2.75) is 19.7 Å². The van der Waals surface area contributed by atoms with Gasteiger partial charge in [0.25, 0.3) is 0 Å². The molecule has 3 rings (SSSR count). The van der Waals surface area contributed by atoms with Crippen LogP contribution in [-0.4, -0.2) is 24.8 Å². The maximum absolute atomic E-state index is 12.6. The van der Waals surface area contributed by atoms with Gasteiger partial charge < -0.3 is 4.74 Å². The molecular weight excluding hydrogens is 427 g/mol. The number of halogens is 3. The molecule has 2 heterocycles. The molecule has 0 aliphatic heterocycles. The monoisotopic (exact) mass is 447 g/mol. The van der Waals surface area contributed by atoms with Crippen molar-refractivity contribution in [3.8, 4) is 5.69 Å². The molecule has 0 radical (unpaired) electrons. The van der Waals surface area contributed by atoms with Gasteiger partial charge in [0.2, 0.25) is 0 Å². The Morgan fingerprint density at radius 3 is 2.62 bits per heavy atom. The number of rotatable bonds is 7. The molecule has 0 bridgehead atoms. The van der Waals surface area contributed by atoms with Crippen LogP contribution in [0.2, 0.25) is 0 Å². The van der Waals surface area contributed by atoms with E-state index >= 15 is 0 Å². The Morgan fingerprint density at radius 2 is 2.03 bits per heavy atom. The first kappa shape index (κ1) is 22.7. The smallest absolute Gasteiger partial charge is 0.417 e. The number of allylic oxidation sites excluding steroid dienone is 1. The van der Waals surface area contributed by atoms with Crippen molar-refractivity contribution >= 4 is 5.82 Å². The molecule has 0 amide bonds. The highest BCUT2D eigenvalue weighted by Crippen LogP contribution is 2.29. The number of nitrogens with two attached hydrogens (primary N) is 1. The van der Waals surface area contributed by atoms with Gasteiger partial charge in [-0.15, -0.1) is 0 Å². The van der Waals surface area contributed by atoms with Crippen LogP contribution in [0.3, 0.4) is 0 Å². The van der Waals surface area contributed by atoms with Crippen molar-refractivity contribution in [1.29, 1.82) is 0 Å². The van der Waals surface area contributed by atoms with E-state index in [4.69, 9.17) is 10.6 Å². The second kappa shape index (κ2) is 9.06. The lowest BCUT2D eigenvalue weighted by Gasteiger charge is -2.15. The van der Waals surface area contributed by atoms with Gasteiger partial charge in [-0.1, -0.05) is 18.7 Å². The van der Waals surface area contributed by atoms with Crippen LogP contribution in [-0.2, 0) is 24.6 Å². The Hall–Kier alpha value is -3.93. The Balaban J connectivity index is 1.68. The maximum atomic E-state index is 12.6. The van der Waals surface area contributed by atoms with Crippen LogP contribution in [0.1, 0.15) is 16.7 Å². The number of hydrogen-bond donors (Lipinski definition) is 1. The molecule has 168 valence electrons. The number of ether oxygens (including phenoxy) is 1. The van der Waals surface area contributed by atoms with Crippen molar-refractivity contribution in [3.05, 3.63) is 88.3 Å². The maximum Gasteiger partial charge on any atom is 0.417 e. The van der Waals surface area contributed by atoms with Gasteiger partial charge in [0.15, 0.2) is 0 Å². The van der Waals surface area contributed by atoms with E-state index in [0.29, 0.717) is 17.4 Å². The van der Waals surface area contributed by atoms with Crippen molar-refractivity contribution < 1.29 is 17.9 Å². The highest BCUT2D eigenvalue weighted by Gasteiger charge is 2.30. The zero-order chi connectivity index (χ0) is 23.5. The molecular formula is C20H20F3N7O2. The first-order chi connectivity index (χ1) is 15.1. The van der Waals surface area contributed by atoms with Gasteiger partial charge in [0.05, 0.1) is 11.3 Å². The van der Waals surface area contributed by atoms with Crippen LogP contribution in [0.15, 0.2) is 65.9 Å². The van der Waals surface area contributed by atoms with Crippen LogP contribution in [0.5, 0.6) is 0 Å². The van der Waals surface area contributed by atoms with Gasteiger partial charge >= 0.3 is 11.9 Å². The summed E-state index contributed by atoms with van der Waals surface area (Å²) in [4.78, 5) is 15.9. The number of tetrazole rings is 1. The molecule has 3 aromatic rings. The highest BCUT2D eigenvalue weighted by molar-refractivity contribution is 5.45. The Morgan fingerprint density at radius 1 is 1.28 bits per heavy atom. The third-order valence-corrected chi connectivity index (χ3v) is 4.50. The minimum Gasteiger partial charge on any atom is -0.489 e. The van der Waals surface area contributed by atoms with Crippen molar-refractivity contribution in [3.63, 3.8) is 0 Å². The normalized spacial score (nSPS) is 11.7. The molecule has 1 aromatic carbocycles. The molecule has 0 aliphatic rings. The predicted octanol–water partition coefficient (Wildman–Crippen LogP) is 2.61. The molecule has 0 unspecified atom stereocenters. The van der Waals surface area contributed by atoms with Crippen LogP contribution < -0.4 is 16.5 Å². The molecule has 2 aromatic heterocycles. The summed E-state index contributed by atoms with van der Waals surface area (Å²) in [5.41, 5.74) is 0.820. The lowest BCUT2D eigenvalue weighted by Crippen LogP contribution is -2.25. The standard InChI is InChI=1S/C20H20F3N7O2/c1-13-5-4-6-17(30-19(31)28(3)26-27-30)16(13)12-32-14(2)9-10-29(24)18-8-7-15(11-25-18)20(21,22)23/h4-11H,2,12,24H2,1,3H3/b10-9-. The number of pyridine rings is 1. The second-order valence-electron chi connectivity index (χ2n) is 6.75. The third-order valence-electron chi connectivity index (χ3n) is 4.50. The zero-order valence-electron chi connectivity index (χ0n) is 17.2. The molecule has 12 heteroatoms. The fraction of sp³-hybridized carbons (Fsp3) is 0.200. The Labute approximate surface area is 180 Å². The summed E-state index contributed by atoms with van der Waals surface area (Å²) >= 11 is 0. The molecule has 2 N–H and O–H groups in total. The van der Waals surface area contributed by atoms with Gasteiger partial charge in [-0.05, 0) is 47.2 Å². The van der Waals surface area contributed by atoms with Gasteiger partial charge in [-0.25, -0.2) is 15.6 Å². The predicted molar refractivity (Wildman–Crippen MR) is 110 cm³/mol. The van der Waals surface area contributed by atoms with E-state index in [1.165, 1.54) is 24.0 Å². The summed E-state index contributed by atoms with van der Waals surface area (Å²) in [5, 5.41) is 8.60. The summed E-state index contributed by atoms with van der Waals surface area (Å²) in [5.74, 6) is 6.14. The van der Waals surface area contributed by atoms with Crippen LogP contribution >= 0.6 is 0 Å². The molecule has 0 saturated carbocycles. The molecule has 9 nitrogen and oxygen atoms in total. The van der Waals surface area contributed by atoms with Crippen LogP contribution in [0.25, 0.3) is 5.69 Å². The number of alkyl halides is 3. The largest absolute Gasteiger partial charge is 0.489 e. The molecule has 0 spiro atoms. The number of aromatic nitrogens is 5. The SMILES string of the molecule is C=C(/C=C\N(N)c1ccc(C(F)(F)F)cn1)OCc1c(C)cccc1-n1nnn(C)c1=O. The number of anilines is 1. The number of benzene rings is 1. The van der Waals surface area contributed by atoms with E-state index in [-0.39, 0.29) is 18.2 Å². The first-order valence-electron chi connectivity index (χ1n) is 9.23. The topological polar surface area (TPSA) is 104 Å². The average molecular weight is 447 g/mol. The van der Waals surface area contributed by atoms with Gasteiger partial charge in [0, 0.05) is 25.0 Å². The third kappa shape index (κ3) is 5.03. The van der Waals surface area contributed by atoms with Crippen LogP contribution in [0, 0.1) is 6.92 Å². The summed E-state index contributed by atoms with van der Waals surface area (Å²) in [6, 6.07) is 7.40. The summed E-state index contributed by atoms with van der Waals surface area (Å²) < 4.78 is 45.8. The van der Waals surface area contributed by atoms with Crippen molar-refractivity contribution in [2.75, 3.05) is 5.01 Å². The molecule has 32 heavy (non-hydrogen) atoms. The Bertz CT molecular complexity index is 1200. The fourth-order valence-corrected chi connectivity index (χ4v) is 2.70. The molecule has 0 fully saturated rings. The fourth-order valence-electron chi connectivity index (χ4n) is 2.70. The Kier molecular flexibility index (Phi) is 6.44. The first-order valence-corrected chi connectivity index (χ1v) is 9.23. The number of aryl methyl sites for hydroxylation is 2. The number of nitrogens with zero attached hydrogens (tertiary/aromatic N) is 6. The molecule has 0 atom stereocenters. The van der Waals surface area contributed by atoms with Gasteiger partial charge in [0.1, 0.15) is 18.2 Å². The van der Waals surface area contributed by atoms with Crippen LogP contribution in [0.4, 0.5) is 19.0 Å². The molecule has 0 aliphatic carbocycles. The summed E-state index contributed by atoms with van der Waals surface area (Å²) in [7, 11) is 1.49. The van der Waals surface area contributed by atoms with E-state index in [1.54, 1.807) is 12.1 Å². The summed E-state index contributed by atoms with van der Waals surface area (Å²) in [6.07, 6.45) is -0.994. The van der Waals surface area contributed by atoms with Gasteiger partial charge in [-0.2, -0.15) is 22.5 Å². The molecule has 0 saturated heterocycles. The second-order valence-corrected chi connectivity index (χ2v) is 6.75. The lowest BCUT2D eigenvalue weighted by atomic mass is 10.1. The van der Waals surface area contributed by atoms with Crippen molar-refractivity contribution in [1.82, 2.24) is 24.8 Å². The minimum atomic E-state index is -4.48. The lowest BCUT2D eigenvalue weighted by molar-refractivity contribution is -0.137. The quantitative estimate of drug-likeness (QED) is 0.257.